The monoisotopic (exact) mass is 289 g/mol. The number of methoxy groups -OCH3 is 1. The molecule has 1 heterocycles. The third kappa shape index (κ3) is 2.38. The second-order valence-corrected chi connectivity index (χ2v) is 5.02. The first-order valence-corrected chi connectivity index (χ1v) is 7.08. The van der Waals surface area contributed by atoms with Crippen molar-refractivity contribution >= 4 is 16.9 Å². The molecule has 1 aliphatic rings. The van der Waals surface area contributed by atoms with E-state index >= 15 is 0 Å². The molecule has 1 aliphatic carbocycles. The predicted octanol–water partition coefficient (Wildman–Crippen LogP) is 3.02. The van der Waals surface area contributed by atoms with Crippen LogP contribution in [0, 0.1) is 23.7 Å². The molecule has 0 saturated carbocycles. The fourth-order valence-electron chi connectivity index (χ4n) is 2.52. The van der Waals surface area contributed by atoms with Gasteiger partial charge in [0.1, 0.15) is 5.69 Å². The molecule has 0 amide bonds. The molecule has 0 spiro atoms. The van der Waals surface area contributed by atoms with Crippen molar-refractivity contribution in [2.45, 2.75) is 12.8 Å². The van der Waals surface area contributed by atoms with Gasteiger partial charge in [-0.1, -0.05) is 23.8 Å². The highest BCUT2D eigenvalue weighted by atomic mass is 16.5. The first kappa shape index (κ1) is 14.0. The number of nitrogens with zero attached hydrogens (tertiary/aromatic N) is 1. The lowest BCUT2D eigenvalue weighted by atomic mass is 10.1. The highest BCUT2D eigenvalue weighted by Gasteiger charge is 2.15. The van der Waals surface area contributed by atoms with Crippen molar-refractivity contribution in [2.24, 2.45) is 7.05 Å². The maximum atomic E-state index is 11.8. The molecule has 0 atom stereocenters. The summed E-state index contributed by atoms with van der Waals surface area (Å²) in [5.41, 5.74) is 3.28. The fraction of sp³-hybridized carbons (Fsp3) is 0.211. The Kier molecular flexibility index (Phi) is 3.73. The molecular weight excluding hydrogens is 274 g/mol. The van der Waals surface area contributed by atoms with Crippen LogP contribution in [0.5, 0.6) is 0 Å². The van der Waals surface area contributed by atoms with Crippen LogP contribution in [0.15, 0.2) is 30.4 Å². The number of ether oxygens (including phenoxy) is 1. The Hall–Kier alpha value is -2.91. The zero-order valence-corrected chi connectivity index (χ0v) is 12.6. The summed E-state index contributed by atoms with van der Waals surface area (Å²) in [7, 11) is 3.35. The lowest BCUT2D eigenvalue weighted by Crippen LogP contribution is -2.00. The zero-order valence-electron chi connectivity index (χ0n) is 12.6. The minimum Gasteiger partial charge on any atom is -0.465 e. The fourth-order valence-corrected chi connectivity index (χ4v) is 2.52. The molecule has 1 aromatic heterocycles. The summed E-state index contributed by atoms with van der Waals surface area (Å²) in [6.45, 7) is 0. The molecule has 0 unspecified atom stereocenters. The van der Waals surface area contributed by atoms with Crippen LogP contribution in [0.3, 0.4) is 0 Å². The average Bonchev–Trinajstić information content (AvgIpc) is 2.82. The first-order chi connectivity index (χ1) is 10.7. The van der Waals surface area contributed by atoms with E-state index in [9.17, 15) is 4.79 Å². The van der Waals surface area contributed by atoms with Crippen LogP contribution in [0.25, 0.3) is 10.9 Å². The molecule has 0 fully saturated rings. The molecular formula is C19H15NO2. The quantitative estimate of drug-likeness (QED) is 0.597. The largest absolute Gasteiger partial charge is 0.465 e. The number of rotatable bonds is 1. The molecule has 0 bridgehead atoms. The molecule has 0 saturated heterocycles. The first-order valence-electron chi connectivity index (χ1n) is 7.08. The van der Waals surface area contributed by atoms with E-state index in [4.69, 9.17) is 4.74 Å². The Morgan fingerprint density at radius 1 is 1.32 bits per heavy atom. The Morgan fingerprint density at radius 2 is 2.18 bits per heavy atom. The van der Waals surface area contributed by atoms with Gasteiger partial charge in [0.25, 0.3) is 0 Å². The Morgan fingerprint density at radius 3 is 3.00 bits per heavy atom. The van der Waals surface area contributed by atoms with Gasteiger partial charge in [-0.15, -0.1) is 0 Å². The lowest BCUT2D eigenvalue weighted by Gasteiger charge is -2.00. The van der Waals surface area contributed by atoms with Crippen LogP contribution in [0.1, 0.15) is 34.5 Å². The normalized spacial score (nSPS) is 14.1. The highest BCUT2D eigenvalue weighted by molar-refractivity contribution is 5.98. The molecule has 0 radical (unpaired) electrons. The van der Waals surface area contributed by atoms with Crippen molar-refractivity contribution in [3.8, 4) is 23.7 Å². The summed E-state index contributed by atoms with van der Waals surface area (Å²) in [5.74, 6) is 12.3. The van der Waals surface area contributed by atoms with Crippen LogP contribution in [0.2, 0.25) is 0 Å². The number of fused-ring (bicyclic) bond motifs is 3. The predicted molar refractivity (Wildman–Crippen MR) is 86.4 cm³/mol. The standard InChI is InChI=1S/C19H15NO2/c1-20-17-10-8-6-4-3-5-7-9-15(17)16-13-14(19(21)22-2)11-12-18(16)20/h4,6,11-13H,3,5H2,1-2H3/b6-4+. The summed E-state index contributed by atoms with van der Waals surface area (Å²) in [6.07, 6.45) is 5.60. The number of hydrogen-bond donors (Lipinski definition) is 0. The van der Waals surface area contributed by atoms with E-state index in [1.54, 1.807) is 6.07 Å². The Bertz CT molecular complexity index is 908. The van der Waals surface area contributed by atoms with Crippen molar-refractivity contribution in [3.05, 3.63) is 47.2 Å². The zero-order chi connectivity index (χ0) is 15.5. The van der Waals surface area contributed by atoms with Crippen molar-refractivity contribution in [3.63, 3.8) is 0 Å². The van der Waals surface area contributed by atoms with Gasteiger partial charge in [-0.25, -0.2) is 4.79 Å². The molecule has 108 valence electrons. The number of carbonyl (C=O) groups is 1. The van der Waals surface area contributed by atoms with Gasteiger partial charge < -0.3 is 9.30 Å². The van der Waals surface area contributed by atoms with Gasteiger partial charge in [0.05, 0.1) is 23.8 Å². The molecule has 1 aromatic carbocycles. The van der Waals surface area contributed by atoms with Crippen LogP contribution < -0.4 is 0 Å². The molecule has 3 rings (SSSR count). The number of allylic oxidation sites excluding steroid dienone is 2. The smallest absolute Gasteiger partial charge is 0.337 e. The Balaban J connectivity index is 2.30. The maximum absolute atomic E-state index is 11.8. The number of aryl methyl sites for hydroxylation is 1. The van der Waals surface area contributed by atoms with Crippen molar-refractivity contribution in [1.29, 1.82) is 0 Å². The van der Waals surface area contributed by atoms with Crippen LogP contribution >= 0.6 is 0 Å². The van der Waals surface area contributed by atoms with Gasteiger partial charge in [-0.05, 0) is 36.6 Å². The molecule has 3 nitrogen and oxygen atoms in total. The molecule has 3 heteroatoms. The second kappa shape index (κ2) is 5.84. The van der Waals surface area contributed by atoms with Crippen molar-refractivity contribution in [1.82, 2.24) is 4.57 Å². The number of aromatic nitrogens is 1. The number of esters is 1. The average molecular weight is 289 g/mol. The third-order valence-electron chi connectivity index (χ3n) is 3.66. The van der Waals surface area contributed by atoms with Gasteiger partial charge in [0.15, 0.2) is 0 Å². The highest BCUT2D eigenvalue weighted by Crippen LogP contribution is 2.26. The molecule has 0 N–H and O–H groups in total. The number of carbonyl (C=O) groups excluding carboxylic acids is 1. The van der Waals surface area contributed by atoms with Crippen LogP contribution in [-0.4, -0.2) is 17.6 Å². The summed E-state index contributed by atoms with van der Waals surface area (Å²) in [6, 6.07) is 5.51. The van der Waals surface area contributed by atoms with Crippen molar-refractivity contribution < 1.29 is 9.53 Å². The lowest BCUT2D eigenvalue weighted by molar-refractivity contribution is 0.0601. The van der Waals surface area contributed by atoms with Crippen molar-refractivity contribution in [2.75, 3.05) is 7.11 Å². The van der Waals surface area contributed by atoms with E-state index in [0.717, 1.165) is 35.0 Å². The minimum absolute atomic E-state index is 0.346. The molecule has 22 heavy (non-hydrogen) atoms. The van der Waals surface area contributed by atoms with Crippen LogP contribution in [0.4, 0.5) is 0 Å². The van der Waals surface area contributed by atoms with Crippen LogP contribution in [-0.2, 0) is 11.8 Å². The van der Waals surface area contributed by atoms with Gasteiger partial charge in [0.2, 0.25) is 0 Å². The SMILES string of the molecule is COC(=O)c1ccc2c(c1)c1c(n2C)C#C/C=C/CCC#C1. The van der Waals surface area contributed by atoms with E-state index in [1.165, 1.54) is 7.11 Å². The van der Waals surface area contributed by atoms with E-state index < -0.39 is 0 Å². The van der Waals surface area contributed by atoms with E-state index in [2.05, 4.69) is 23.7 Å². The summed E-state index contributed by atoms with van der Waals surface area (Å²) in [4.78, 5) is 11.8. The van der Waals surface area contributed by atoms with Gasteiger partial charge in [-0.2, -0.15) is 0 Å². The van der Waals surface area contributed by atoms with E-state index in [1.807, 2.05) is 35.9 Å². The summed E-state index contributed by atoms with van der Waals surface area (Å²) in [5, 5.41) is 0.937. The maximum Gasteiger partial charge on any atom is 0.337 e. The summed E-state index contributed by atoms with van der Waals surface area (Å²) >= 11 is 0. The van der Waals surface area contributed by atoms with Gasteiger partial charge >= 0.3 is 5.97 Å². The number of benzene rings is 1. The molecule has 2 aromatic rings. The van der Waals surface area contributed by atoms with E-state index in [-0.39, 0.29) is 5.97 Å². The van der Waals surface area contributed by atoms with E-state index in [0.29, 0.717) is 5.56 Å². The summed E-state index contributed by atoms with van der Waals surface area (Å²) < 4.78 is 6.82. The minimum atomic E-state index is -0.346. The number of hydrogen-bond acceptors (Lipinski definition) is 2. The Labute approximate surface area is 129 Å². The molecule has 0 aliphatic heterocycles. The van der Waals surface area contributed by atoms with Gasteiger partial charge in [0, 0.05) is 18.9 Å². The second-order valence-electron chi connectivity index (χ2n) is 5.02. The van der Waals surface area contributed by atoms with Gasteiger partial charge in [-0.3, -0.25) is 0 Å². The third-order valence-corrected chi connectivity index (χ3v) is 3.66. The topological polar surface area (TPSA) is 31.2 Å².